The number of aliphatic hydroxyl groups is 2. The van der Waals surface area contributed by atoms with Crippen molar-refractivity contribution in [3.63, 3.8) is 0 Å². The van der Waals surface area contributed by atoms with Gasteiger partial charge in [0, 0.05) is 67.5 Å². The summed E-state index contributed by atoms with van der Waals surface area (Å²) >= 11 is 6.60. The fraction of sp³-hybridized carbons (Fsp3) is 0.595. The van der Waals surface area contributed by atoms with Gasteiger partial charge in [-0.05, 0) is 57.1 Å². The Bertz CT molecular complexity index is 1390. The van der Waals surface area contributed by atoms with E-state index in [1.54, 1.807) is 67.0 Å². The first-order valence-electron chi connectivity index (χ1n) is 16.8. The summed E-state index contributed by atoms with van der Waals surface area (Å²) in [7, 11) is 1.52. The Balaban J connectivity index is 1.94. The zero-order valence-electron chi connectivity index (χ0n) is 29.5. The third kappa shape index (κ3) is 11.7. The monoisotopic (exact) mass is 688 g/mol. The minimum Gasteiger partial charge on any atom is -0.496 e. The summed E-state index contributed by atoms with van der Waals surface area (Å²) in [6.45, 7) is 12.9. The summed E-state index contributed by atoms with van der Waals surface area (Å²) in [4.78, 5) is 42.8. The number of nitrogens with zero attached hydrogens (tertiary/aromatic N) is 2. The molecule has 10 nitrogen and oxygen atoms in total. The number of likely N-dealkylation sites (tertiary alicyclic amines) is 1. The van der Waals surface area contributed by atoms with Crippen LogP contribution in [0.2, 0.25) is 5.02 Å². The molecule has 3 rings (SSSR count). The van der Waals surface area contributed by atoms with Crippen LogP contribution in [0, 0.1) is 11.3 Å². The molecule has 1 heterocycles. The highest BCUT2D eigenvalue weighted by molar-refractivity contribution is 6.31. The van der Waals surface area contributed by atoms with E-state index in [4.69, 9.17) is 25.8 Å². The molecule has 0 aliphatic carbocycles. The van der Waals surface area contributed by atoms with Gasteiger partial charge in [0.1, 0.15) is 17.6 Å². The molecule has 0 radical (unpaired) electrons. The Morgan fingerprint density at radius 3 is 2.29 bits per heavy atom. The van der Waals surface area contributed by atoms with Crippen molar-refractivity contribution in [2.24, 2.45) is 11.3 Å². The Morgan fingerprint density at radius 1 is 1.02 bits per heavy atom. The van der Waals surface area contributed by atoms with Crippen LogP contribution in [-0.4, -0.2) is 78.5 Å². The van der Waals surface area contributed by atoms with E-state index >= 15 is 0 Å². The normalized spacial score (nSPS) is 14.8. The average Bonchev–Trinajstić information content (AvgIpc) is 3.01. The predicted octanol–water partition coefficient (Wildman–Crippen LogP) is 6.32. The maximum atomic E-state index is 14.2. The van der Waals surface area contributed by atoms with Crippen molar-refractivity contribution in [1.82, 2.24) is 4.90 Å². The molecule has 0 unspecified atom stereocenters. The van der Waals surface area contributed by atoms with Crippen LogP contribution in [0.15, 0.2) is 36.4 Å². The van der Waals surface area contributed by atoms with Crippen LogP contribution >= 0.6 is 11.6 Å². The molecule has 0 spiro atoms. The number of halogens is 1. The number of esters is 1. The largest absolute Gasteiger partial charge is 0.496 e. The van der Waals surface area contributed by atoms with E-state index in [2.05, 4.69) is 0 Å². The second-order valence-corrected chi connectivity index (χ2v) is 14.7. The first-order valence-corrected chi connectivity index (χ1v) is 17.1. The molecule has 1 saturated heterocycles. The smallest absolute Gasteiger partial charge is 0.306 e. The van der Waals surface area contributed by atoms with Crippen LogP contribution < -0.4 is 14.4 Å². The molecule has 2 aromatic rings. The van der Waals surface area contributed by atoms with Crippen molar-refractivity contribution in [3.05, 3.63) is 52.5 Å². The van der Waals surface area contributed by atoms with Crippen molar-refractivity contribution in [3.8, 4) is 11.5 Å². The highest BCUT2D eigenvalue weighted by Gasteiger charge is 2.32. The number of carbonyl (C=O) groups excluding carboxylic acids is 3. The molecule has 0 saturated carbocycles. The first kappa shape index (κ1) is 39.1. The van der Waals surface area contributed by atoms with Crippen LogP contribution in [0.3, 0.4) is 0 Å². The lowest BCUT2D eigenvalue weighted by molar-refractivity contribution is -0.144. The van der Waals surface area contributed by atoms with Crippen LogP contribution in [0.25, 0.3) is 0 Å². The number of hydrogen-bond acceptors (Lipinski definition) is 8. The number of anilines is 1. The zero-order valence-corrected chi connectivity index (χ0v) is 30.3. The van der Waals surface area contributed by atoms with Gasteiger partial charge in [-0.3, -0.25) is 14.4 Å². The van der Waals surface area contributed by atoms with Crippen LogP contribution in [0.5, 0.6) is 11.5 Å². The quantitative estimate of drug-likeness (QED) is 0.208. The molecule has 1 atom stereocenters. The average molecular weight is 689 g/mol. The van der Waals surface area contributed by atoms with Gasteiger partial charge in [-0.1, -0.05) is 50.6 Å². The van der Waals surface area contributed by atoms with Gasteiger partial charge >= 0.3 is 5.97 Å². The Hall–Kier alpha value is -3.34. The number of ether oxygens (including phenoxy) is 3. The molecule has 0 aromatic heterocycles. The third-order valence-electron chi connectivity index (χ3n) is 8.25. The number of rotatable bonds is 15. The van der Waals surface area contributed by atoms with Gasteiger partial charge in [-0.2, -0.15) is 0 Å². The molecule has 2 aromatic carbocycles. The molecule has 1 fully saturated rings. The highest BCUT2D eigenvalue weighted by atomic mass is 35.5. The SMILES string of the molecule is CCOC(=O)CC1CCN(C(=O)CCC(=O)N(CC(C)(C)C)c2c(OCCC(C)(C)O)cc(Cl)cc2[C@H](O)c2ccccc2OC)CC1. The molecule has 1 aliphatic rings. The van der Waals surface area contributed by atoms with Crippen LogP contribution in [-0.2, 0) is 19.1 Å². The Morgan fingerprint density at radius 2 is 1.69 bits per heavy atom. The number of para-hydroxylation sites is 1. The maximum Gasteiger partial charge on any atom is 0.306 e. The van der Waals surface area contributed by atoms with Crippen molar-refractivity contribution in [1.29, 1.82) is 0 Å². The number of amides is 2. The van der Waals surface area contributed by atoms with Crippen molar-refractivity contribution >= 4 is 35.1 Å². The highest BCUT2D eigenvalue weighted by Crippen LogP contribution is 2.44. The summed E-state index contributed by atoms with van der Waals surface area (Å²) < 4.78 is 16.8. The summed E-state index contributed by atoms with van der Waals surface area (Å²) in [6, 6.07) is 10.3. The van der Waals surface area contributed by atoms with Gasteiger partial charge in [0.15, 0.2) is 0 Å². The standard InChI is InChI=1S/C37H53ClN2O8/c1-8-47-33(43)21-25-15-18-39(19-16-25)31(41)13-14-32(42)40(24-36(2,3)4)34-28(35(44)27-11-9-10-12-29(27)46-7)22-26(38)23-30(34)48-20-17-37(5,6)45/h9-12,22-23,25,35,44-45H,8,13-21,24H2,1-7H3/t35-/m1/s1. The maximum absolute atomic E-state index is 14.2. The van der Waals surface area contributed by atoms with Crippen molar-refractivity contribution < 1.29 is 38.8 Å². The van der Waals surface area contributed by atoms with Gasteiger partial charge in [0.25, 0.3) is 0 Å². The predicted molar refractivity (Wildman–Crippen MR) is 187 cm³/mol. The van der Waals surface area contributed by atoms with Crippen molar-refractivity contribution in [2.45, 2.75) is 91.8 Å². The molecule has 2 N–H and O–H groups in total. The molecule has 1 aliphatic heterocycles. The van der Waals surface area contributed by atoms with E-state index in [9.17, 15) is 24.6 Å². The second kappa shape index (κ2) is 17.4. The molecular weight excluding hydrogens is 636 g/mol. The van der Waals surface area contributed by atoms with Gasteiger partial charge in [-0.25, -0.2) is 0 Å². The minimum atomic E-state index is -1.24. The summed E-state index contributed by atoms with van der Waals surface area (Å²) in [5, 5.41) is 22.5. The minimum absolute atomic E-state index is 0.00883. The summed E-state index contributed by atoms with van der Waals surface area (Å²) in [5.74, 6) is 0.269. The number of hydrogen-bond donors (Lipinski definition) is 2. The molecule has 266 valence electrons. The second-order valence-electron chi connectivity index (χ2n) is 14.3. The van der Waals surface area contributed by atoms with E-state index in [1.807, 2.05) is 20.8 Å². The first-order chi connectivity index (χ1) is 22.5. The topological polar surface area (TPSA) is 126 Å². The lowest BCUT2D eigenvalue weighted by atomic mass is 9.92. The van der Waals surface area contributed by atoms with Gasteiger partial charge in [0.2, 0.25) is 11.8 Å². The summed E-state index contributed by atoms with van der Waals surface area (Å²) in [6.07, 6.45) is 0.772. The van der Waals surface area contributed by atoms with Gasteiger partial charge in [-0.15, -0.1) is 0 Å². The Labute approximate surface area is 290 Å². The third-order valence-corrected chi connectivity index (χ3v) is 8.47. The summed E-state index contributed by atoms with van der Waals surface area (Å²) in [5.41, 5.74) is -0.196. The van der Waals surface area contributed by atoms with Crippen LogP contribution in [0.1, 0.15) is 97.3 Å². The van der Waals surface area contributed by atoms with E-state index in [0.29, 0.717) is 73.0 Å². The number of methoxy groups -OCH3 is 1. The fourth-order valence-corrected chi connectivity index (χ4v) is 6.00. The fourth-order valence-electron chi connectivity index (χ4n) is 5.79. The molecule has 0 bridgehead atoms. The van der Waals surface area contributed by atoms with E-state index in [0.717, 1.165) is 0 Å². The lowest BCUT2D eigenvalue weighted by Gasteiger charge is -2.35. The molecule has 11 heteroatoms. The van der Waals surface area contributed by atoms with Gasteiger partial charge < -0.3 is 34.2 Å². The van der Waals surface area contributed by atoms with E-state index in [1.165, 1.54) is 7.11 Å². The van der Waals surface area contributed by atoms with Crippen molar-refractivity contribution in [2.75, 3.05) is 44.9 Å². The molecule has 2 amide bonds. The number of piperidine rings is 1. The number of benzene rings is 2. The Kier molecular flexibility index (Phi) is 14.1. The zero-order chi connectivity index (χ0) is 35.6. The van der Waals surface area contributed by atoms with E-state index in [-0.39, 0.29) is 60.9 Å². The van der Waals surface area contributed by atoms with E-state index < -0.39 is 11.7 Å². The molecule has 48 heavy (non-hydrogen) atoms. The molecular formula is C37H53ClN2O8. The van der Waals surface area contributed by atoms with Crippen LogP contribution in [0.4, 0.5) is 5.69 Å². The number of carbonyl (C=O) groups is 3. The number of aliphatic hydroxyl groups excluding tert-OH is 1. The lowest BCUT2D eigenvalue weighted by Crippen LogP contribution is -2.41. The van der Waals surface area contributed by atoms with Gasteiger partial charge in [0.05, 0.1) is 31.6 Å².